The molecule has 1 atom stereocenters. The highest BCUT2D eigenvalue weighted by Gasteiger charge is 2.30. The molecule has 0 aliphatic carbocycles. The van der Waals surface area contributed by atoms with Crippen LogP contribution in [0.15, 0.2) is 54.7 Å². The van der Waals surface area contributed by atoms with Crippen molar-refractivity contribution in [1.29, 1.82) is 0 Å². The van der Waals surface area contributed by atoms with Gasteiger partial charge in [0.05, 0.1) is 25.7 Å². The summed E-state index contributed by atoms with van der Waals surface area (Å²) in [6.07, 6.45) is 1.82. The van der Waals surface area contributed by atoms with E-state index < -0.39 is 11.3 Å². The lowest BCUT2D eigenvalue weighted by molar-refractivity contribution is -0.128. The van der Waals surface area contributed by atoms with Crippen molar-refractivity contribution in [2.45, 2.75) is 19.5 Å². The lowest BCUT2D eigenvalue weighted by Crippen LogP contribution is -2.43. The molecule has 3 N–H and O–H groups in total. The van der Waals surface area contributed by atoms with Crippen LogP contribution >= 0.6 is 0 Å². The average molecular weight is 468 g/mol. The van der Waals surface area contributed by atoms with Gasteiger partial charge in [0.2, 0.25) is 5.91 Å². The van der Waals surface area contributed by atoms with Crippen molar-refractivity contribution in [1.82, 2.24) is 25.2 Å². The highest BCUT2D eigenvalue weighted by molar-refractivity contribution is 7.80. The molecule has 0 bridgehead atoms. The van der Waals surface area contributed by atoms with E-state index in [0.29, 0.717) is 22.5 Å². The summed E-state index contributed by atoms with van der Waals surface area (Å²) >= 11 is -2.19. The third-order valence-electron chi connectivity index (χ3n) is 5.06. The zero-order valence-electron chi connectivity index (χ0n) is 17.3. The fourth-order valence-electron chi connectivity index (χ4n) is 3.42. The Bertz CT molecular complexity index is 1230. The minimum atomic E-state index is -2.19. The van der Waals surface area contributed by atoms with E-state index in [9.17, 15) is 18.6 Å². The molecule has 2 aromatic carbocycles. The average Bonchev–Trinajstić information content (AvgIpc) is 3.25. The Morgan fingerprint density at radius 2 is 1.85 bits per heavy atom. The van der Waals surface area contributed by atoms with E-state index in [1.54, 1.807) is 30.5 Å². The molecule has 1 aliphatic heterocycles. The Kier molecular flexibility index (Phi) is 6.56. The molecule has 33 heavy (non-hydrogen) atoms. The van der Waals surface area contributed by atoms with Gasteiger partial charge in [-0.25, -0.2) is 4.21 Å². The quantitative estimate of drug-likeness (QED) is 0.330. The monoisotopic (exact) mass is 468 g/mol. The number of imide groups is 1. The molecule has 12 heteroatoms. The SMILES string of the molecule is O=C(NCc1cn(CCN2C(=O)Cc3ccccc3C2=O)nn1)c1ccc(NS(=O)O)cc1. The van der Waals surface area contributed by atoms with Crippen LogP contribution in [-0.4, -0.2) is 52.9 Å². The van der Waals surface area contributed by atoms with Gasteiger partial charge in [-0.15, -0.1) is 5.10 Å². The number of nitrogens with one attached hydrogen (secondary N) is 2. The predicted molar refractivity (Wildman–Crippen MR) is 118 cm³/mol. The molecule has 3 aromatic rings. The second kappa shape index (κ2) is 9.71. The number of rotatable bonds is 8. The summed E-state index contributed by atoms with van der Waals surface area (Å²) in [5.41, 5.74) is 2.56. The van der Waals surface area contributed by atoms with Gasteiger partial charge in [-0.2, -0.15) is 0 Å². The van der Waals surface area contributed by atoms with Crippen LogP contribution in [0.25, 0.3) is 0 Å². The number of hydrogen-bond acceptors (Lipinski definition) is 6. The van der Waals surface area contributed by atoms with Gasteiger partial charge >= 0.3 is 0 Å². The Labute approximate surface area is 191 Å². The Morgan fingerprint density at radius 1 is 1.09 bits per heavy atom. The van der Waals surface area contributed by atoms with Gasteiger partial charge in [-0.05, 0) is 35.9 Å². The van der Waals surface area contributed by atoms with Crippen molar-refractivity contribution < 1.29 is 23.1 Å². The molecule has 2 heterocycles. The Morgan fingerprint density at radius 3 is 2.61 bits per heavy atom. The highest BCUT2D eigenvalue weighted by Crippen LogP contribution is 2.19. The third-order valence-corrected chi connectivity index (χ3v) is 5.47. The normalized spacial score (nSPS) is 14.0. The van der Waals surface area contributed by atoms with Gasteiger partial charge < -0.3 is 5.32 Å². The van der Waals surface area contributed by atoms with Crippen LogP contribution < -0.4 is 10.0 Å². The maximum atomic E-state index is 12.6. The van der Waals surface area contributed by atoms with Crippen LogP contribution in [0, 0.1) is 0 Å². The van der Waals surface area contributed by atoms with E-state index >= 15 is 0 Å². The summed E-state index contributed by atoms with van der Waals surface area (Å²) in [5, 5.41) is 10.7. The molecule has 1 unspecified atom stereocenters. The van der Waals surface area contributed by atoms with Crippen LogP contribution in [0.5, 0.6) is 0 Å². The molecule has 0 fully saturated rings. The summed E-state index contributed by atoms with van der Waals surface area (Å²) in [6, 6.07) is 13.1. The van der Waals surface area contributed by atoms with Crippen LogP contribution in [0.2, 0.25) is 0 Å². The van der Waals surface area contributed by atoms with Crippen LogP contribution in [0.1, 0.15) is 32.0 Å². The summed E-state index contributed by atoms with van der Waals surface area (Å²) in [6.45, 7) is 0.579. The number of fused-ring (bicyclic) bond motifs is 1. The molecule has 170 valence electrons. The number of amides is 3. The van der Waals surface area contributed by atoms with Gasteiger partial charge in [0.15, 0.2) is 0 Å². The second-order valence-electron chi connectivity index (χ2n) is 7.27. The molecular weight excluding hydrogens is 448 g/mol. The van der Waals surface area contributed by atoms with Crippen molar-refractivity contribution in [3.63, 3.8) is 0 Å². The van der Waals surface area contributed by atoms with Gasteiger partial charge in [0.1, 0.15) is 5.69 Å². The maximum Gasteiger partial charge on any atom is 0.260 e. The molecule has 0 spiro atoms. The number of benzene rings is 2. The van der Waals surface area contributed by atoms with Gasteiger partial charge in [-0.1, -0.05) is 23.4 Å². The first-order chi connectivity index (χ1) is 15.9. The first kappa shape index (κ1) is 22.3. The highest BCUT2D eigenvalue weighted by atomic mass is 32.2. The fourth-order valence-corrected chi connectivity index (χ4v) is 3.76. The molecule has 3 amide bonds. The first-order valence-electron chi connectivity index (χ1n) is 9.98. The van der Waals surface area contributed by atoms with E-state index in [0.717, 1.165) is 5.56 Å². The van der Waals surface area contributed by atoms with E-state index in [1.165, 1.54) is 33.8 Å². The topological polar surface area (TPSA) is 147 Å². The number of anilines is 1. The molecule has 4 rings (SSSR count). The van der Waals surface area contributed by atoms with Crippen LogP contribution in [-0.2, 0) is 35.6 Å². The number of carbonyl (C=O) groups is 3. The van der Waals surface area contributed by atoms with E-state index in [4.69, 9.17) is 4.55 Å². The summed E-state index contributed by atoms with van der Waals surface area (Å²) in [5.74, 6) is -0.914. The Balaban J connectivity index is 1.30. The molecule has 1 aliphatic rings. The molecule has 0 radical (unpaired) electrons. The second-order valence-corrected chi connectivity index (χ2v) is 7.97. The maximum absolute atomic E-state index is 12.6. The number of carbonyl (C=O) groups excluding carboxylic acids is 3. The zero-order valence-corrected chi connectivity index (χ0v) is 18.1. The molecule has 1 aromatic heterocycles. The summed E-state index contributed by atoms with van der Waals surface area (Å²) < 4.78 is 23.4. The van der Waals surface area contributed by atoms with Gasteiger partial charge in [0, 0.05) is 23.4 Å². The fraction of sp³-hybridized carbons (Fsp3) is 0.190. The van der Waals surface area contributed by atoms with E-state index in [1.807, 2.05) is 0 Å². The smallest absolute Gasteiger partial charge is 0.260 e. The predicted octanol–water partition coefficient (Wildman–Crippen LogP) is 0.982. The van der Waals surface area contributed by atoms with Crippen LogP contribution in [0.4, 0.5) is 5.69 Å². The summed E-state index contributed by atoms with van der Waals surface area (Å²) in [4.78, 5) is 38.5. The van der Waals surface area contributed by atoms with Crippen molar-refractivity contribution in [3.8, 4) is 0 Å². The minimum absolute atomic E-state index is 0.133. The molecular formula is C21H20N6O5S. The van der Waals surface area contributed by atoms with Gasteiger partial charge in [-0.3, -0.25) is 33.2 Å². The van der Waals surface area contributed by atoms with Crippen molar-refractivity contribution in [2.24, 2.45) is 0 Å². The van der Waals surface area contributed by atoms with Crippen molar-refractivity contribution in [3.05, 3.63) is 77.1 Å². The Hall–Kier alpha value is -3.90. The summed E-state index contributed by atoms with van der Waals surface area (Å²) in [7, 11) is 0. The zero-order chi connectivity index (χ0) is 23.4. The lowest BCUT2D eigenvalue weighted by Gasteiger charge is -2.26. The van der Waals surface area contributed by atoms with Crippen LogP contribution in [0.3, 0.4) is 0 Å². The third kappa shape index (κ3) is 5.30. The standard InChI is InChI=1S/C21H20N6O5S/c28-19-11-15-3-1-2-4-18(15)21(30)27(19)10-9-26-13-17(23-25-26)12-22-20(29)14-5-7-16(8-6-14)24-33(31)32/h1-8,13,24H,9-12H2,(H,22,29)(H,31,32). The largest absolute Gasteiger partial charge is 0.346 e. The minimum Gasteiger partial charge on any atom is -0.346 e. The van der Waals surface area contributed by atoms with Crippen molar-refractivity contribution >= 4 is 34.7 Å². The number of hydrogen-bond donors (Lipinski definition) is 3. The van der Waals surface area contributed by atoms with Crippen molar-refractivity contribution in [2.75, 3.05) is 11.3 Å². The van der Waals surface area contributed by atoms with E-state index in [-0.39, 0.29) is 43.8 Å². The molecule has 11 nitrogen and oxygen atoms in total. The first-order valence-corrected chi connectivity index (χ1v) is 11.1. The molecule has 0 saturated heterocycles. The number of aromatic nitrogens is 3. The lowest BCUT2D eigenvalue weighted by atomic mass is 9.98. The molecule has 0 saturated carbocycles. The number of nitrogens with zero attached hydrogens (tertiary/aromatic N) is 4. The van der Waals surface area contributed by atoms with Gasteiger partial charge in [0.25, 0.3) is 23.1 Å². The van der Waals surface area contributed by atoms with E-state index in [2.05, 4.69) is 20.4 Å².